The first-order chi connectivity index (χ1) is 9.11. The molecule has 1 heterocycles. The monoisotopic (exact) mass is 258 g/mol. The number of nitrogen functional groups attached to an aromatic ring is 1. The summed E-state index contributed by atoms with van der Waals surface area (Å²) in [5.74, 6) is 1.39. The zero-order valence-electron chi connectivity index (χ0n) is 11.4. The van der Waals surface area contributed by atoms with Gasteiger partial charge in [0.25, 0.3) is 0 Å². The van der Waals surface area contributed by atoms with Gasteiger partial charge in [-0.25, -0.2) is 0 Å². The van der Waals surface area contributed by atoms with Crippen molar-refractivity contribution in [1.82, 2.24) is 4.98 Å². The molecule has 0 saturated carbocycles. The molecule has 2 N–H and O–H groups in total. The van der Waals surface area contributed by atoms with Crippen molar-refractivity contribution < 1.29 is 9.47 Å². The molecule has 0 unspecified atom stereocenters. The van der Waals surface area contributed by atoms with Gasteiger partial charge < -0.3 is 15.2 Å². The zero-order chi connectivity index (χ0) is 13.8. The Labute approximate surface area is 113 Å². The zero-order valence-corrected chi connectivity index (χ0v) is 11.4. The van der Waals surface area contributed by atoms with E-state index in [1.54, 1.807) is 19.4 Å². The van der Waals surface area contributed by atoms with Gasteiger partial charge in [0.2, 0.25) is 0 Å². The lowest BCUT2D eigenvalue weighted by Gasteiger charge is -2.13. The van der Waals surface area contributed by atoms with E-state index >= 15 is 0 Å². The van der Waals surface area contributed by atoms with E-state index in [1.807, 2.05) is 38.1 Å². The van der Waals surface area contributed by atoms with Crippen molar-refractivity contribution in [2.45, 2.75) is 20.0 Å². The topological polar surface area (TPSA) is 57.4 Å². The van der Waals surface area contributed by atoms with Crippen LogP contribution in [0, 0.1) is 0 Å². The molecule has 0 fully saturated rings. The Morgan fingerprint density at radius 2 is 2.00 bits per heavy atom. The quantitative estimate of drug-likeness (QED) is 0.915. The number of nitrogens with two attached hydrogens (primary N) is 1. The summed E-state index contributed by atoms with van der Waals surface area (Å²) in [4.78, 5) is 4.34. The highest BCUT2D eigenvalue weighted by Gasteiger charge is 2.11. The molecule has 0 amide bonds. The molecule has 2 rings (SSSR count). The van der Waals surface area contributed by atoms with Crippen LogP contribution in [0.3, 0.4) is 0 Å². The van der Waals surface area contributed by atoms with Gasteiger partial charge >= 0.3 is 0 Å². The minimum absolute atomic E-state index is 0.131. The van der Waals surface area contributed by atoms with Gasteiger partial charge in [0, 0.05) is 11.8 Å². The Morgan fingerprint density at radius 3 is 2.68 bits per heavy atom. The van der Waals surface area contributed by atoms with Crippen LogP contribution in [0.2, 0.25) is 0 Å². The largest absolute Gasteiger partial charge is 0.492 e. The fourth-order valence-corrected chi connectivity index (χ4v) is 1.87. The van der Waals surface area contributed by atoms with E-state index in [0.29, 0.717) is 11.4 Å². The highest BCUT2D eigenvalue weighted by atomic mass is 16.5. The van der Waals surface area contributed by atoms with E-state index in [0.717, 1.165) is 17.0 Å². The lowest BCUT2D eigenvalue weighted by molar-refractivity contribution is 0.242. The third kappa shape index (κ3) is 2.96. The first-order valence-corrected chi connectivity index (χ1v) is 6.17. The maximum atomic E-state index is 5.89. The van der Waals surface area contributed by atoms with Crippen LogP contribution in [0.15, 0.2) is 36.5 Å². The third-order valence-corrected chi connectivity index (χ3v) is 2.62. The maximum Gasteiger partial charge on any atom is 0.167 e. The second-order valence-corrected chi connectivity index (χ2v) is 4.48. The number of hydrogen-bond acceptors (Lipinski definition) is 4. The summed E-state index contributed by atoms with van der Waals surface area (Å²) in [5, 5.41) is 0. The minimum atomic E-state index is 0.131. The van der Waals surface area contributed by atoms with E-state index in [9.17, 15) is 0 Å². The van der Waals surface area contributed by atoms with Gasteiger partial charge in [0.1, 0.15) is 11.4 Å². The number of methoxy groups -OCH3 is 1. The first-order valence-electron chi connectivity index (χ1n) is 6.17. The molecule has 0 aliphatic rings. The van der Waals surface area contributed by atoms with Gasteiger partial charge in [-0.2, -0.15) is 0 Å². The third-order valence-electron chi connectivity index (χ3n) is 2.62. The Balaban J connectivity index is 2.44. The van der Waals surface area contributed by atoms with Gasteiger partial charge in [-0.1, -0.05) is 12.1 Å². The number of nitrogens with zero attached hydrogens (tertiary/aromatic N) is 1. The fraction of sp³-hybridized carbons (Fsp3) is 0.267. The van der Waals surface area contributed by atoms with Gasteiger partial charge in [0.05, 0.1) is 18.9 Å². The molecule has 0 atom stereocenters. The molecule has 0 bridgehead atoms. The van der Waals surface area contributed by atoms with E-state index in [-0.39, 0.29) is 6.10 Å². The second-order valence-electron chi connectivity index (χ2n) is 4.48. The molecule has 4 nitrogen and oxygen atoms in total. The molecular weight excluding hydrogens is 240 g/mol. The summed E-state index contributed by atoms with van der Waals surface area (Å²) >= 11 is 0. The number of aromatic nitrogens is 1. The summed E-state index contributed by atoms with van der Waals surface area (Å²) in [6.45, 7) is 3.98. The molecule has 19 heavy (non-hydrogen) atoms. The number of ether oxygens (including phenoxy) is 2. The van der Waals surface area contributed by atoms with Crippen LogP contribution in [-0.2, 0) is 0 Å². The van der Waals surface area contributed by atoms with Crippen LogP contribution in [0.4, 0.5) is 5.69 Å². The predicted octanol–water partition coefficient (Wildman–Crippen LogP) is 3.13. The predicted molar refractivity (Wildman–Crippen MR) is 76.4 cm³/mol. The highest BCUT2D eigenvalue weighted by Crippen LogP contribution is 2.34. The molecule has 0 saturated heterocycles. The number of benzene rings is 1. The maximum absolute atomic E-state index is 5.89. The molecule has 100 valence electrons. The second kappa shape index (κ2) is 5.61. The van der Waals surface area contributed by atoms with E-state index in [1.165, 1.54) is 0 Å². The van der Waals surface area contributed by atoms with Gasteiger partial charge in [-0.3, -0.25) is 4.98 Å². The number of anilines is 1. The van der Waals surface area contributed by atoms with Crippen molar-refractivity contribution in [2.24, 2.45) is 0 Å². The van der Waals surface area contributed by atoms with Crippen LogP contribution < -0.4 is 15.2 Å². The van der Waals surface area contributed by atoms with Crippen molar-refractivity contribution in [3.05, 3.63) is 36.5 Å². The molecule has 4 heteroatoms. The number of rotatable bonds is 4. The molecule has 0 aliphatic heterocycles. The first kappa shape index (κ1) is 13.2. The van der Waals surface area contributed by atoms with Crippen LogP contribution in [0.1, 0.15) is 13.8 Å². The van der Waals surface area contributed by atoms with Crippen molar-refractivity contribution in [3.63, 3.8) is 0 Å². The molecular formula is C15H18N2O2. The molecule has 1 aromatic carbocycles. The van der Waals surface area contributed by atoms with Crippen molar-refractivity contribution in [2.75, 3.05) is 12.8 Å². The Morgan fingerprint density at radius 1 is 1.21 bits per heavy atom. The van der Waals surface area contributed by atoms with Crippen LogP contribution >= 0.6 is 0 Å². The van der Waals surface area contributed by atoms with Gasteiger partial charge in [0.15, 0.2) is 5.75 Å². The van der Waals surface area contributed by atoms with Gasteiger partial charge in [-0.15, -0.1) is 0 Å². The molecule has 1 aromatic heterocycles. The molecule has 0 aliphatic carbocycles. The average Bonchev–Trinajstić information content (AvgIpc) is 2.38. The Hall–Kier alpha value is -2.23. The summed E-state index contributed by atoms with van der Waals surface area (Å²) in [5.41, 5.74) is 8.10. The van der Waals surface area contributed by atoms with E-state index in [4.69, 9.17) is 15.2 Å². The Bertz CT molecular complexity index is 568. The molecule has 0 spiro atoms. The van der Waals surface area contributed by atoms with Crippen molar-refractivity contribution in [1.29, 1.82) is 0 Å². The smallest absolute Gasteiger partial charge is 0.167 e. The summed E-state index contributed by atoms with van der Waals surface area (Å²) in [6.07, 6.45) is 1.80. The lowest BCUT2D eigenvalue weighted by Crippen LogP contribution is -2.05. The van der Waals surface area contributed by atoms with Crippen LogP contribution in [0.25, 0.3) is 11.3 Å². The Kier molecular flexibility index (Phi) is 3.90. The average molecular weight is 258 g/mol. The highest BCUT2D eigenvalue weighted by molar-refractivity contribution is 5.74. The molecule has 2 aromatic rings. The normalized spacial score (nSPS) is 10.5. The van der Waals surface area contributed by atoms with Crippen LogP contribution in [0.5, 0.6) is 11.5 Å². The number of pyridine rings is 1. The van der Waals surface area contributed by atoms with E-state index < -0.39 is 0 Å². The van der Waals surface area contributed by atoms with Crippen molar-refractivity contribution >= 4 is 5.69 Å². The summed E-state index contributed by atoms with van der Waals surface area (Å²) in [6, 6.07) is 9.46. The fourth-order valence-electron chi connectivity index (χ4n) is 1.87. The minimum Gasteiger partial charge on any atom is -0.492 e. The lowest BCUT2D eigenvalue weighted by atomic mass is 10.1. The van der Waals surface area contributed by atoms with Gasteiger partial charge in [-0.05, 0) is 32.0 Å². The standard InChI is InChI=1S/C15H18N2O2/c1-10(2)19-12-6-4-5-11(9-12)14-15(18-3)13(16)7-8-17-14/h4-10H,1-3H3,(H2,16,17). The van der Waals surface area contributed by atoms with Crippen molar-refractivity contribution in [3.8, 4) is 22.8 Å². The number of hydrogen-bond donors (Lipinski definition) is 1. The summed E-state index contributed by atoms with van der Waals surface area (Å²) in [7, 11) is 1.59. The SMILES string of the molecule is COc1c(N)ccnc1-c1cccc(OC(C)C)c1. The van der Waals surface area contributed by atoms with Crippen LogP contribution in [-0.4, -0.2) is 18.2 Å². The summed E-state index contributed by atoms with van der Waals surface area (Å²) < 4.78 is 11.0. The molecule has 0 radical (unpaired) electrons. The van der Waals surface area contributed by atoms with E-state index in [2.05, 4.69) is 4.98 Å².